The molecule has 0 atom stereocenters. The van der Waals surface area contributed by atoms with E-state index in [1.165, 1.54) is 0 Å². The van der Waals surface area contributed by atoms with Crippen molar-refractivity contribution in [3.05, 3.63) is 59.9 Å². The number of aromatic carboxylic acids is 1. The Morgan fingerprint density at radius 2 is 2.00 bits per heavy atom. The van der Waals surface area contributed by atoms with Crippen LogP contribution in [0.5, 0.6) is 0 Å². The van der Waals surface area contributed by atoms with Gasteiger partial charge in [0.05, 0.1) is 11.3 Å². The Bertz CT molecular complexity index is 509. The van der Waals surface area contributed by atoms with Gasteiger partial charge in [0.15, 0.2) is 0 Å². The average molecular weight is 242 g/mol. The van der Waals surface area contributed by atoms with Gasteiger partial charge in [0.1, 0.15) is 0 Å². The van der Waals surface area contributed by atoms with Crippen molar-refractivity contribution in [1.29, 1.82) is 0 Å². The number of pyridine rings is 1. The molecule has 4 nitrogen and oxygen atoms in total. The van der Waals surface area contributed by atoms with Gasteiger partial charge in [0.2, 0.25) is 0 Å². The number of benzene rings is 1. The van der Waals surface area contributed by atoms with Gasteiger partial charge in [-0.1, -0.05) is 12.1 Å². The maximum atomic E-state index is 10.7. The summed E-state index contributed by atoms with van der Waals surface area (Å²) in [6.45, 7) is 0.790. The fraction of sp³-hybridized carbons (Fsp3) is 0.143. The second-order valence-electron chi connectivity index (χ2n) is 3.92. The second kappa shape index (κ2) is 5.82. The highest BCUT2D eigenvalue weighted by atomic mass is 16.4. The third-order valence-corrected chi connectivity index (χ3v) is 2.61. The van der Waals surface area contributed by atoms with E-state index in [4.69, 9.17) is 5.11 Å². The van der Waals surface area contributed by atoms with Crippen molar-refractivity contribution in [3.63, 3.8) is 0 Å². The van der Waals surface area contributed by atoms with Crippen molar-refractivity contribution in [2.45, 2.75) is 6.42 Å². The number of hydrogen-bond acceptors (Lipinski definition) is 3. The molecule has 0 saturated carbocycles. The molecule has 1 aromatic heterocycles. The molecule has 0 aliphatic carbocycles. The standard InChI is InChI=1S/C14H14N2O2/c17-14(18)12-5-3-11(4-6-12)7-9-16-13-2-1-8-15-10-13/h1-6,8,10,16H,7,9H2,(H,17,18). The predicted molar refractivity (Wildman–Crippen MR) is 69.8 cm³/mol. The van der Waals surface area contributed by atoms with Crippen LogP contribution in [0.3, 0.4) is 0 Å². The smallest absolute Gasteiger partial charge is 0.335 e. The predicted octanol–water partition coefficient (Wildman–Crippen LogP) is 2.43. The van der Waals surface area contributed by atoms with E-state index in [1.54, 1.807) is 24.5 Å². The van der Waals surface area contributed by atoms with Crippen molar-refractivity contribution >= 4 is 11.7 Å². The number of aromatic nitrogens is 1. The third-order valence-electron chi connectivity index (χ3n) is 2.61. The number of anilines is 1. The summed E-state index contributed by atoms with van der Waals surface area (Å²) >= 11 is 0. The van der Waals surface area contributed by atoms with Gasteiger partial charge in [-0.25, -0.2) is 4.79 Å². The highest BCUT2D eigenvalue weighted by molar-refractivity contribution is 5.87. The van der Waals surface area contributed by atoms with Gasteiger partial charge in [-0.3, -0.25) is 4.98 Å². The minimum absolute atomic E-state index is 0.318. The first kappa shape index (κ1) is 12.1. The molecule has 1 aromatic carbocycles. The fourth-order valence-electron chi connectivity index (χ4n) is 1.63. The summed E-state index contributed by atoms with van der Waals surface area (Å²) in [6.07, 6.45) is 4.35. The molecule has 0 bridgehead atoms. The van der Waals surface area contributed by atoms with E-state index in [9.17, 15) is 4.79 Å². The molecule has 0 saturated heterocycles. The molecular weight excluding hydrogens is 228 g/mol. The van der Waals surface area contributed by atoms with Crippen molar-refractivity contribution < 1.29 is 9.90 Å². The number of nitrogens with zero attached hydrogens (tertiary/aromatic N) is 1. The number of carboxylic acids is 1. The number of nitrogens with one attached hydrogen (secondary N) is 1. The van der Waals surface area contributed by atoms with E-state index in [-0.39, 0.29) is 0 Å². The molecule has 0 unspecified atom stereocenters. The molecule has 0 fully saturated rings. The Labute approximate surface area is 105 Å². The summed E-state index contributed by atoms with van der Waals surface area (Å²) in [4.78, 5) is 14.7. The van der Waals surface area contributed by atoms with Crippen molar-refractivity contribution in [2.24, 2.45) is 0 Å². The van der Waals surface area contributed by atoms with Gasteiger partial charge in [-0.05, 0) is 36.2 Å². The third kappa shape index (κ3) is 3.31. The molecule has 0 amide bonds. The summed E-state index contributed by atoms with van der Waals surface area (Å²) in [5.41, 5.74) is 2.41. The molecule has 0 aliphatic heterocycles. The first-order chi connectivity index (χ1) is 8.75. The van der Waals surface area contributed by atoms with Gasteiger partial charge in [-0.2, -0.15) is 0 Å². The lowest BCUT2D eigenvalue weighted by molar-refractivity contribution is 0.0697. The van der Waals surface area contributed by atoms with Crippen LogP contribution >= 0.6 is 0 Å². The zero-order valence-electron chi connectivity index (χ0n) is 9.84. The van der Waals surface area contributed by atoms with Gasteiger partial charge in [-0.15, -0.1) is 0 Å². The number of hydrogen-bond donors (Lipinski definition) is 2. The van der Waals surface area contributed by atoms with Crippen molar-refractivity contribution in [2.75, 3.05) is 11.9 Å². The van der Waals surface area contributed by atoms with Crippen LogP contribution in [-0.4, -0.2) is 22.6 Å². The molecule has 2 aromatic rings. The zero-order chi connectivity index (χ0) is 12.8. The van der Waals surface area contributed by atoms with E-state index in [0.29, 0.717) is 5.56 Å². The van der Waals surface area contributed by atoms with E-state index in [1.807, 2.05) is 24.3 Å². The molecule has 2 rings (SSSR count). The molecule has 4 heteroatoms. The van der Waals surface area contributed by atoms with E-state index in [0.717, 1.165) is 24.2 Å². The van der Waals surface area contributed by atoms with Crippen LogP contribution in [-0.2, 0) is 6.42 Å². The summed E-state index contributed by atoms with van der Waals surface area (Å²) < 4.78 is 0. The maximum Gasteiger partial charge on any atom is 0.335 e. The van der Waals surface area contributed by atoms with Crippen molar-refractivity contribution in [1.82, 2.24) is 4.98 Å². The SMILES string of the molecule is O=C(O)c1ccc(CCNc2cccnc2)cc1. The summed E-state index contributed by atoms with van der Waals surface area (Å²) in [6, 6.07) is 10.8. The fourth-order valence-corrected chi connectivity index (χ4v) is 1.63. The normalized spacial score (nSPS) is 10.0. The molecule has 92 valence electrons. The first-order valence-corrected chi connectivity index (χ1v) is 5.72. The van der Waals surface area contributed by atoms with Crippen LogP contribution in [0.4, 0.5) is 5.69 Å². The summed E-state index contributed by atoms with van der Waals surface area (Å²) in [5, 5.41) is 12.0. The lowest BCUT2D eigenvalue weighted by Gasteiger charge is -2.05. The molecule has 0 spiro atoms. The van der Waals surface area contributed by atoms with Crippen LogP contribution in [0.15, 0.2) is 48.8 Å². The Kier molecular flexibility index (Phi) is 3.91. The van der Waals surface area contributed by atoms with Crippen LogP contribution in [0.1, 0.15) is 15.9 Å². The summed E-state index contributed by atoms with van der Waals surface area (Å²) in [5.74, 6) is -0.893. The van der Waals surface area contributed by atoms with E-state index >= 15 is 0 Å². The monoisotopic (exact) mass is 242 g/mol. The highest BCUT2D eigenvalue weighted by Gasteiger charge is 2.01. The lowest BCUT2D eigenvalue weighted by atomic mass is 10.1. The van der Waals surface area contributed by atoms with Crippen LogP contribution in [0.25, 0.3) is 0 Å². The topological polar surface area (TPSA) is 62.2 Å². The molecule has 0 aliphatic rings. The van der Waals surface area contributed by atoms with Crippen LogP contribution in [0, 0.1) is 0 Å². The quantitative estimate of drug-likeness (QED) is 0.845. The maximum absolute atomic E-state index is 10.7. The Balaban J connectivity index is 1.85. The number of carboxylic acid groups (broad SMARTS) is 1. The minimum Gasteiger partial charge on any atom is -0.478 e. The first-order valence-electron chi connectivity index (χ1n) is 5.72. The molecule has 1 heterocycles. The Morgan fingerprint density at radius 3 is 2.61 bits per heavy atom. The Morgan fingerprint density at radius 1 is 1.22 bits per heavy atom. The van der Waals surface area contributed by atoms with Gasteiger partial charge in [0.25, 0.3) is 0 Å². The number of carbonyl (C=O) groups is 1. The highest BCUT2D eigenvalue weighted by Crippen LogP contribution is 2.07. The molecule has 2 N–H and O–H groups in total. The van der Waals surface area contributed by atoms with E-state index < -0.39 is 5.97 Å². The van der Waals surface area contributed by atoms with Crippen LogP contribution in [0.2, 0.25) is 0 Å². The lowest BCUT2D eigenvalue weighted by Crippen LogP contribution is -2.05. The second-order valence-corrected chi connectivity index (χ2v) is 3.92. The molecular formula is C14H14N2O2. The van der Waals surface area contributed by atoms with Crippen LogP contribution < -0.4 is 5.32 Å². The van der Waals surface area contributed by atoms with Gasteiger partial charge < -0.3 is 10.4 Å². The van der Waals surface area contributed by atoms with Gasteiger partial charge >= 0.3 is 5.97 Å². The average Bonchev–Trinajstić information content (AvgIpc) is 2.40. The molecule has 18 heavy (non-hydrogen) atoms. The summed E-state index contributed by atoms with van der Waals surface area (Å²) in [7, 11) is 0. The van der Waals surface area contributed by atoms with Gasteiger partial charge in [0, 0.05) is 18.9 Å². The largest absolute Gasteiger partial charge is 0.478 e. The zero-order valence-corrected chi connectivity index (χ0v) is 9.84. The Hall–Kier alpha value is -2.36. The minimum atomic E-state index is -0.893. The number of rotatable bonds is 5. The van der Waals surface area contributed by atoms with E-state index in [2.05, 4.69) is 10.3 Å². The molecule has 0 radical (unpaired) electrons. The van der Waals surface area contributed by atoms with Crippen molar-refractivity contribution in [3.8, 4) is 0 Å².